The first-order valence-corrected chi connectivity index (χ1v) is 7.64. The Morgan fingerprint density at radius 1 is 1.35 bits per heavy atom. The summed E-state index contributed by atoms with van der Waals surface area (Å²) in [6.45, 7) is 9.00. The van der Waals surface area contributed by atoms with E-state index in [-0.39, 0.29) is 0 Å². The van der Waals surface area contributed by atoms with E-state index in [0.717, 1.165) is 49.6 Å². The van der Waals surface area contributed by atoms with Crippen molar-refractivity contribution in [2.24, 2.45) is 11.8 Å². The van der Waals surface area contributed by atoms with Gasteiger partial charge in [-0.15, -0.1) is 0 Å². The van der Waals surface area contributed by atoms with Crippen LogP contribution in [0.2, 0.25) is 0 Å². The summed E-state index contributed by atoms with van der Waals surface area (Å²) in [6.07, 6.45) is 4.29. The van der Waals surface area contributed by atoms with E-state index in [1.165, 1.54) is 12.8 Å². The van der Waals surface area contributed by atoms with Gasteiger partial charge in [-0.1, -0.05) is 13.8 Å². The highest BCUT2D eigenvalue weighted by Gasteiger charge is 2.19. The summed E-state index contributed by atoms with van der Waals surface area (Å²) >= 11 is 0. The number of piperidine rings is 1. The maximum atomic E-state index is 5.15. The van der Waals surface area contributed by atoms with Crippen LogP contribution in [0.3, 0.4) is 0 Å². The fraction of sp³-hybridized carbons (Fsp3) is 0.688. The normalized spacial score (nSPS) is 16.7. The van der Waals surface area contributed by atoms with Crippen LogP contribution in [-0.4, -0.2) is 38.3 Å². The molecule has 2 rings (SSSR count). The lowest BCUT2D eigenvalue weighted by Crippen LogP contribution is -2.38. The summed E-state index contributed by atoms with van der Waals surface area (Å²) in [6, 6.07) is 4.04. The zero-order chi connectivity index (χ0) is 14.4. The summed E-state index contributed by atoms with van der Waals surface area (Å²) in [4.78, 5) is 6.84. The summed E-state index contributed by atoms with van der Waals surface area (Å²) in [7, 11) is 1.67. The topological polar surface area (TPSA) is 37.4 Å². The predicted octanol–water partition coefficient (Wildman–Crippen LogP) is 2.55. The fourth-order valence-corrected chi connectivity index (χ4v) is 2.62. The quantitative estimate of drug-likeness (QED) is 0.867. The first kappa shape index (κ1) is 15.1. The molecule has 0 bridgehead atoms. The Morgan fingerprint density at radius 3 is 2.65 bits per heavy atom. The van der Waals surface area contributed by atoms with Gasteiger partial charge in [0.2, 0.25) is 0 Å². The number of hydrogen-bond donors (Lipinski definition) is 1. The smallest absolute Gasteiger partial charge is 0.137 e. The number of nitrogens with zero attached hydrogens (tertiary/aromatic N) is 2. The van der Waals surface area contributed by atoms with Gasteiger partial charge >= 0.3 is 0 Å². The van der Waals surface area contributed by atoms with Gasteiger partial charge in [0.25, 0.3) is 0 Å². The minimum atomic E-state index is 0.735. The molecular weight excluding hydrogens is 250 g/mol. The molecule has 1 aliphatic heterocycles. The molecule has 20 heavy (non-hydrogen) atoms. The van der Waals surface area contributed by atoms with Crippen LogP contribution in [0.1, 0.15) is 26.7 Å². The second-order valence-corrected chi connectivity index (χ2v) is 6.04. The molecule has 112 valence electrons. The number of aromatic nitrogens is 1. The van der Waals surface area contributed by atoms with Crippen LogP contribution in [-0.2, 0) is 0 Å². The number of hydrogen-bond acceptors (Lipinski definition) is 4. The molecule has 1 fully saturated rings. The van der Waals surface area contributed by atoms with Crippen molar-refractivity contribution in [1.29, 1.82) is 0 Å². The van der Waals surface area contributed by atoms with Gasteiger partial charge < -0.3 is 15.0 Å². The van der Waals surface area contributed by atoms with Crippen LogP contribution >= 0.6 is 0 Å². The molecule has 0 amide bonds. The third-order valence-corrected chi connectivity index (χ3v) is 3.88. The van der Waals surface area contributed by atoms with E-state index in [1.807, 2.05) is 6.07 Å². The van der Waals surface area contributed by atoms with Crippen molar-refractivity contribution in [1.82, 2.24) is 10.3 Å². The molecule has 4 nitrogen and oxygen atoms in total. The van der Waals surface area contributed by atoms with Crippen molar-refractivity contribution < 1.29 is 4.74 Å². The largest absolute Gasteiger partial charge is 0.495 e. The fourth-order valence-electron chi connectivity index (χ4n) is 2.62. The van der Waals surface area contributed by atoms with Crippen molar-refractivity contribution in [2.45, 2.75) is 26.7 Å². The lowest BCUT2D eigenvalue weighted by molar-refractivity contribution is 0.372. The Balaban J connectivity index is 1.75. The average molecular weight is 277 g/mol. The molecule has 0 unspecified atom stereocenters. The van der Waals surface area contributed by atoms with Crippen molar-refractivity contribution in [2.75, 3.05) is 38.2 Å². The van der Waals surface area contributed by atoms with Gasteiger partial charge in [-0.05, 0) is 49.9 Å². The molecule has 1 aromatic heterocycles. The third-order valence-electron chi connectivity index (χ3n) is 3.88. The molecule has 0 radical (unpaired) electrons. The van der Waals surface area contributed by atoms with E-state index in [1.54, 1.807) is 13.3 Å². The third kappa shape index (κ3) is 4.37. The van der Waals surface area contributed by atoms with E-state index in [0.29, 0.717) is 0 Å². The van der Waals surface area contributed by atoms with Gasteiger partial charge in [0.1, 0.15) is 11.6 Å². The van der Waals surface area contributed by atoms with E-state index in [9.17, 15) is 0 Å². The Hall–Kier alpha value is -1.29. The van der Waals surface area contributed by atoms with Crippen molar-refractivity contribution in [3.05, 3.63) is 18.3 Å². The molecule has 0 aliphatic carbocycles. The maximum absolute atomic E-state index is 5.15. The molecule has 4 heteroatoms. The van der Waals surface area contributed by atoms with Gasteiger partial charge in [-0.3, -0.25) is 0 Å². The van der Waals surface area contributed by atoms with E-state index in [4.69, 9.17) is 4.74 Å². The lowest BCUT2D eigenvalue weighted by atomic mass is 9.96. The molecule has 0 spiro atoms. The minimum Gasteiger partial charge on any atom is -0.495 e. The van der Waals surface area contributed by atoms with Crippen molar-refractivity contribution in [3.63, 3.8) is 0 Å². The van der Waals surface area contributed by atoms with E-state index >= 15 is 0 Å². The van der Waals surface area contributed by atoms with Crippen LogP contribution in [0.4, 0.5) is 5.82 Å². The first-order valence-electron chi connectivity index (χ1n) is 7.64. The standard InChI is InChI=1S/C16H27N3O/c1-13(2)10-17-11-14-6-8-19(9-7-14)16-5-4-15(20-3)12-18-16/h4-5,12-14,17H,6-11H2,1-3H3. The van der Waals surface area contributed by atoms with E-state index in [2.05, 4.69) is 35.1 Å². The second kappa shape index (κ2) is 7.48. The highest BCUT2D eigenvalue weighted by atomic mass is 16.5. The average Bonchev–Trinajstić information content (AvgIpc) is 2.48. The minimum absolute atomic E-state index is 0.735. The highest BCUT2D eigenvalue weighted by Crippen LogP contribution is 2.22. The maximum Gasteiger partial charge on any atom is 0.137 e. The first-order chi connectivity index (χ1) is 9.69. The van der Waals surface area contributed by atoms with Crippen LogP contribution in [0.25, 0.3) is 0 Å². The number of pyridine rings is 1. The molecule has 0 atom stereocenters. The van der Waals surface area contributed by atoms with Gasteiger partial charge in [0, 0.05) is 13.1 Å². The molecular formula is C16H27N3O. The van der Waals surface area contributed by atoms with Crippen LogP contribution in [0.15, 0.2) is 18.3 Å². The SMILES string of the molecule is COc1ccc(N2CCC(CNCC(C)C)CC2)nc1. The van der Waals surface area contributed by atoms with Crippen LogP contribution < -0.4 is 15.0 Å². The lowest BCUT2D eigenvalue weighted by Gasteiger charge is -2.33. The molecule has 1 aromatic rings. The molecule has 0 aromatic carbocycles. The monoisotopic (exact) mass is 277 g/mol. The molecule has 1 saturated heterocycles. The second-order valence-electron chi connectivity index (χ2n) is 6.04. The summed E-state index contributed by atoms with van der Waals surface area (Å²) < 4.78 is 5.15. The number of rotatable bonds is 6. The molecule has 2 heterocycles. The van der Waals surface area contributed by atoms with Gasteiger partial charge in [-0.2, -0.15) is 0 Å². The zero-order valence-electron chi connectivity index (χ0n) is 12.9. The molecule has 1 aliphatic rings. The van der Waals surface area contributed by atoms with Gasteiger partial charge in [0.15, 0.2) is 0 Å². The van der Waals surface area contributed by atoms with Gasteiger partial charge in [0.05, 0.1) is 13.3 Å². The summed E-state index contributed by atoms with van der Waals surface area (Å²) in [5.74, 6) is 3.43. The Labute approximate surface area is 122 Å². The number of nitrogens with one attached hydrogen (secondary N) is 1. The number of methoxy groups -OCH3 is 1. The zero-order valence-corrected chi connectivity index (χ0v) is 12.9. The number of ether oxygens (including phenoxy) is 1. The van der Waals surface area contributed by atoms with Crippen molar-refractivity contribution in [3.8, 4) is 5.75 Å². The van der Waals surface area contributed by atoms with Crippen molar-refractivity contribution >= 4 is 5.82 Å². The van der Waals surface area contributed by atoms with Crippen LogP contribution in [0.5, 0.6) is 5.75 Å². The summed E-state index contributed by atoms with van der Waals surface area (Å²) in [5, 5.41) is 3.57. The van der Waals surface area contributed by atoms with Crippen LogP contribution in [0, 0.1) is 11.8 Å². The van der Waals surface area contributed by atoms with E-state index < -0.39 is 0 Å². The summed E-state index contributed by atoms with van der Waals surface area (Å²) in [5.41, 5.74) is 0. The Morgan fingerprint density at radius 2 is 2.10 bits per heavy atom. The highest BCUT2D eigenvalue weighted by molar-refractivity contribution is 5.41. The Bertz CT molecular complexity index is 383. The number of anilines is 1. The predicted molar refractivity (Wildman–Crippen MR) is 83.4 cm³/mol. The molecule has 0 saturated carbocycles. The molecule has 1 N–H and O–H groups in total. The van der Waals surface area contributed by atoms with Gasteiger partial charge in [-0.25, -0.2) is 4.98 Å². The Kier molecular flexibility index (Phi) is 5.65.